The van der Waals surface area contributed by atoms with Crippen LogP contribution in [0, 0.1) is 0 Å². The Morgan fingerprint density at radius 3 is 2.72 bits per heavy atom. The average Bonchev–Trinajstić information content (AvgIpc) is 3.10. The molecule has 4 N–H and O–H groups in total. The lowest BCUT2D eigenvalue weighted by Gasteiger charge is -2.21. The van der Waals surface area contributed by atoms with Gasteiger partial charge >= 0.3 is 0 Å². The summed E-state index contributed by atoms with van der Waals surface area (Å²) in [5.41, 5.74) is 7.74. The van der Waals surface area contributed by atoms with Crippen LogP contribution in [-0.4, -0.2) is 35.0 Å². The summed E-state index contributed by atoms with van der Waals surface area (Å²) in [7, 11) is 0. The van der Waals surface area contributed by atoms with E-state index in [1.807, 2.05) is 12.1 Å². The molecule has 1 amide bonds. The van der Waals surface area contributed by atoms with Crippen LogP contribution in [-0.2, 0) is 0 Å². The van der Waals surface area contributed by atoms with Gasteiger partial charge in [-0.15, -0.1) is 0 Å². The zero-order valence-corrected chi connectivity index (χ0v) is 13.6. The molecule has 0 bridgehead atoms. The van der Waals surface area contributed by atoms with E-state index >= 15 is 0 Å². The third kappa shape index (κ3) is 2.92. The van der Waals surface area contributed by atoms with Crippen molar-refractivity contribution in [3.63, 3.8) is 0 Å². The van der Waals surface area contributed by atoms with Gasteiger partial charge in [-0.25, -0.2) is 9.97 Å². The van der Waals surface area contributed by atoms with Crippen LogP contribution in [0.3, 0.4) is 0 Å². The Hall–Kier alpha value is -2.99. The van der Waals surface area contributed by atoms with Crippen molar-refractivity contribution in [3.05, 3.63) is 66.0 Å². The van der Waals surface area contributed by atoms with Crippen molar-refractivity contribution in [2.45, 2.75) is 12.0 Å². The van der Waals surface area contributed by atoms with Crippen LogP contribution >= 0.6 is 0 Å². The fraction of sp³-hybridized carbons (Fsp3) is 0.211. The molecule has 0 aliphatic carbocycles. The predicted molar refractivity (Wildman–Crippen MR) is 97.5 cm³/mol. The summed E-state index contributed by atoms with van der Waals surface area (Å²) in [6.07, 6.45) is 1.47. The molecule has 0 saturated carbocycles. The molecular formula is C19H19N5O. The van der Waals surface area contributed by atoms with E-state index in [9.17, 15) is 4.79 Å². The summed E-state index contributed by atoms with van der Waals surface area (Å²) in [6.45, 7) is 1.76. The number of carbonyl (C=O) groups excluding carboxylic acids is 1. The highest BCUT2D eigenvalue weighted by Crippen LogP contribution is 2.28. The first-order valence-corrected chi connectivity index (χ1v) is 8.30. The number of aromatic nitrogens is 2. The van der Waals surface area contributed by atoms with Crippen LogP contribution in [0.25, 0.3) is 10.9 Å². The molecule has 2 aromatic carbocycles. The van der Waals surface area contributed by atoms with Crippen LogP contribution in [0.15, 0.2) is 54.9 Å². The highest BCUT2D eigenvalue weighted by molar-refractivity contribution is 6.06. The number of hydrogen-bond donors (Lipinski definition) is 3. The number of anilines is 1. The topological polar surface area (TPSA) is 92.9 Å². The number of nitrogens with one attached hydrogen (secondary N) is 2. The summed E-state index contributed by atoms with van der Waals surface area (Å²) < 4.78 is 0. The van der Waals surface area contributed by atoms with E-state index in [4.69, 9.17) is 5.73 Å². The minimum atomic E-state index is -0.486. The Morgan fingerprint density at radius 1 is 1.08 bits per heavy atom. The fourth-order valence-corrected chi connectivity index (χ4v) is 3.46. The second-order valence-corrected chi connectivity index (χ2v) is 6.21. The lowest BCUT2D eigenvalue weighted by atomic mass is 9.94. The Kier molecular flexibility index (Phi) is 4.03. The van der Waals surface area contributed by atoms with E-state index < -0.39 is 5.91 Å². The molecule has 0 spiro atoms. The van der Waals surface area contributed by atoms with Gasteiger partial charge in [-0.1, -0.05) is 36.4 Å². The van der Waals surface area contributed by atoms with Crippen LogP contribution in [0.4, 0.5) is 5.82 Å². The molecule has 1 fully saturated rings. The average molecular weight is 333 g/mol. The van der Waals surface area contributed by atoms with Crippen molar-refractivity contribution < 1.29 is 4.79 Å². The van der Waals surface area contributed by atoms with Gasteiger partial charge in [-0.05, 0) is 17.7 Å². The van der Waals surface area contributed by atoms with Crippen LogP contribution < -0.4 is 16.4 Å². The van der Waals surface area contributed by atoms with Crippen LogP contribution in [0.1, 0.15) is 21.8 Å². The molecule has 1 aliphatic heterocycles. The molecule has 1 aliphatic rings. The minimum Gasteiger partial charge on any atom is -0.366 e. The predicted octanol–water partition coefficient (Wildman–Crippen LogP) is 1.90. The van der Waals surface area contributed by atoms with Gasteiger partial charge in [0.25, 0.3) is 5.91 Å². The van der Waals surface area contributed by atoms with E-state index in [1.54, 1.807) is 12.1 Å². The number of carbonyl (C=O) groups is 1. The Morgan fingerprint density at radius 2 is 1.92 bits per heavy atom. The molecule has 1 aromatic heterocycles. The number of nitrogens with two attached hydrogens (primary N) is 1. The summed E-state index contributed by atoms with van der Waals surface area (Å²) in [4.78, 5) is 20.3. The van der Waals surface area contributed by atoms with Gasteiger partial charge in [0.15, 0.2) is 0 Å². The van der Waals surface area contributed by atoms with E-state index in [-0.39, 0.29) is 6.04 Å². The van der Waals surface area contributed by atoms with Gasteiger partial charge in [0.1, 0.15) is 12.1 Å². The van der Waals surface area contributed by atoms with Crippen molar-refractivity contribution in [1.29, 1.82) is 0 Å². The quantitative estimate of drug-likeness (QED) is 0.678. The standard InChI is InChI=1S/C19H19N5O/c20-18(25)13-7-4-8-14-17(13)22-11-23-19(14)24-16-10-21-9-15(16)12-5-2-1-3-6-12/h1-8,11,15-16,21H,9-10H2,(H2,20,25)(H,22,23,24)/t15-,16+/m1/s1. The largest absolute Gasteiger partial charge is 0.366 e. The summed E-state index contributed by atoms with van der Waals surface area (Å²) in [6, 6.07) is 16.0. The maximum atomic E-state index is 11.6. The molecule has 6 heteroatoms. The number of amides is 1. The first-order valence-electron chi connectivity index (χ1n) is 8.30. The maximum Gasteiger partial charge on any atom is 0.250 e. The molecular weight excluding hydrogens is 314 g/mol. The first-order chi connectivity index (χ1) is 12.2. The highest BCUT2D eigenvalue weighted by atomic mass is 16.1. The van der Waals surface area contributed by atoms with Crippen LogP contribution in [0.2, 0.25) is 0 Å². The molecule has 126 valence electrons. The number of fused-ring (bicyclic) bond motifs is 1. The zero-order chi connectivity index (χ0) is 17.2. The van der Waals surface area contributed by atoms with Gasteiger partial charge in [0.2, 0.25) is 0 Å². The van der Waals surface area contributed by atoms with Crippen molar-refractivity contribution in [1.82, 2.24) is 15.3 Å². The second kappa shape index (κ2) is 6.49. The van der Waals surface area contributed by atoms with Gasteiger partial charge in [-0.3, -0.25) is 4.79 Å². The van der Waals surface area contributed by atoms with Gasteiger partial charge in [0, 0.05) is 30.4 Å². The van der Waals surface area contributed by atoms with E-state index in [2.05, 4.69) is 44.9 Å². The number of primary amides is 1. The van der Waals surface area contributed by atoms with Crippen molar-refractivity contribution in [2.24, 2.45) is 5.73 Å². The lowest BCUT2D eigenvalue weighted by molar-refractivity contribution is 0.100. The smallest absolute Gasteiger partial charge is 0.250 e. The second-order valence-electron chi connectivity index (χ2n) is 6.21. The number of para-hydroxylation sites is 1. The summed E-state index contributed by atoms with van der Waals surface area (Å²) >= 11 is 0. The SMILES string of the molecule is NC(=O)c1cccc2c(N[C@H]3CNC[C@@H]3c3ccccc3)ncnc12. The Labute approximate surface area is 145 Å². The van der Waals surface area contributed by atoms with Gasteiger partial charge in [0.05, 0.1) is 11.1 Å². The first kappa shape index (κ1) is 15.5. The van der Waals surface area contributed by atoms with E-state index in [0.29, 0.717) is 17.0 Å². The number of rotatable bonds is 4. The highest BCUT2D eigenvalue weighted by Gasteiger charge is 2.29. The third-order valence-corrected chi connectivity index (χ3v) is 4.69. The lowest BCUT2D eigenvalue weighted by Crippen LogP contribution is -2.27. The number of nitrogens with zero attached hydrogens (tertiary/aromatic N) is 2. The molecule has 1 saturated heterocycles. The normalized spacial score (nSPS) is 19.8. The summed E-state index contributed by atoms with van der Waals surface area (Å²) in [5, 5.41) is 7.77. The van der Waals surface area contributed by atoms with Gasteiger partial charge < -0.3 is 16.4 Å². The number of hydrogen-bond acceptors (Lipinski definition) is 5. The molecule has 3 aromatic rings. The fourth-order valence-electron chi connectivity index (χ4n) is 3.46. The van der Waals surface area contributed by atoms with E-state index in [0.717, 1.165) is 24.3 Å². The van der Waals surface area contributed by atoms with Gasteiger partial charge in [-0.2, -0.15) is 0 Å². The Balaban J connectivity index is 1.69. The number of benzene rings is 2. The molecule has 2 atom stereocenters. The maximum absolute atomic E-state index is 11.6. The monoisotopic (exact) mass is 333 g/mol. The molecule has 25 heavy (non-hydrogen) atoms. The molecule has 6 nitrogen and oxygen atoms in total. The third-order valence-electron chi connectivity index (χ3n) is 4.69. The van der Waals surface area contributed by atoms with Crippen molar-refractivity contribution in [3.8, 4) is 0 Å². The zero-order valence-electron chi connectivity index (χ0n) is 13.6. The molecule has 0 radical (unpaired) electrons. The Bertz CT molecular complexity index is 912. The van der Waals surface area contributed by atoms with Crippen molar-refractivity contribution in [2.75, 3.05) is 18.4 Å². The van der Waals surface area contributed by atoms with Crippen LogP contribution in [0.5, 0.6) is 0 Å². The minimum absolute atomic E-state index is 0.206. The molecule has 0 unspecified atom stereocenters. The molecule has 2 heterocycles. The summed E-state index contributed by atoms with van der Waals surface area (Å²) in [5.74, 6) is 0.591. The van der Waals surface area contributed by atoms with E-state index in [1.165, 1.54) is 11.9 Å². The van der Waals surface area contributed by atoms with Crippen molar-refractivity contribution >= 4 is 22.6 Å². The molecule has 4 rings (SSSR count).